The van der Waals surface area contributed by atoms with Crippen LogP contribution >= 0.6 is 0 Å². The van der Waals surface area contributed by atoms with Crippen LogP contribution in [0.2, 0.25) is 0 Å². The summed E-state index contributed by atoms with van der Waals surface area (Å²) in [6, 6.07) is 8.27. The predicted octanol–water partition coefficient (Wildman–Crippen LogP) is 0.279. The van der Waals surface area contributed by atoms with Crippen LogP contribution in [0.3, 0.4) is 0 Å². The van der Waals surface area contributed by atoms with Crippen molar-refractivity contribution < 1.29 is 19.5 Å². The van der Waals surface area contributed by atoms with E-state index < -0.39 is 30.4 Å². The summed E-state index contributed by atoms with van der Waals surface area (Å²) < 4.78 is 0. The Kier molecular flexibility index (Phi) is 6.76. The van der Waals surface area contributed by atoms with Gasteiger partial charge in [0.05, 0.1) is 6.42 Å². The maximum Gasteiger partial charge on any atom is 0.326 e. The molecule has 1 heterocycles. The molecule has 0 saturated carbocycles. The lowest BCUT2D eigenvalue weighted by molar-refractivity contribution is -0.140. The number of nitrogens with zero attached hydrogens (tertiary/aromatic N) is 1. The van der Waals surface area contributed by atoms with E-state index >= 15 is 0 Å². The standard InChI is InChI=1S/C17H24N4O4/c18-15(22)10-14(16(23)24)20-17(25)19-13-6-8-21(9-7-13)11-12-4-2-1-3-5-12/h1-5,13-14H,6-11H2,(H2,18,22)(H,23,24)(H2,19,20,25)/t14-/m1/s1. The molecule has 25 heavy (non-hydrogen) atoms. The molecule has 1 aromatic rings. The first kappa shape index (κ1) is 18.7. The quantitative estimate of drug-likeness (QED) is 0.563. The zero-order valence-electron chi connectivity index (χ0n) is 14.0. The van der Waals surface area contributed by atoms with E-state index in [1.807, 2.05) is 18.2 Å². The second-order valence-electron chi connectivity index (χ2n) is 6.22. The maximum atomic E-state index is 11.9. The molecule has 1 saturated heterocycles. The van der Waals surface area contributed by atoms with Crippen LogP contribution in [0.5, 0.6) is 0 Å². The first-order valence-corrected chi connectivity index (χ1v) is 8.28. The summed E-state index contributed by atoms with van der Waals surface area (Å²) in [5.41, 5.74) is 6.24. The number of hydrogen-bond donors (Lipinski definition) is 4. The molecule has 136 valence electrons. The van der Waals surface area contributed by atoms with E-state index in [0.717, 1.165) is 32.5 Å². The van der Waals surface area contributed by atoms with Crippen molar-refractivity contribution in [3.8, 4) is 0 Å². The molecule has 1 aliphatic heterocycles. The number of carbonyl (C=O) groups is 3. The first-order chi connectivity index (χ1) is 11.9. The van der Waals surface area contributed by atoms with Gasteiger partial charge in [0.1, 0.15) is 6.04 Å². The van der Waals surface area contributed by atoms with Crippen molar-refractivity contribution in [3.63, 3.8) is 0 Å². The zero-order chi connectivity index (χ0) is 18.2. The maximum absolute atomic E-state index is 11.9. The highest BCUT2D eigenvalue weighted by molar-refractivity contribution is 5.87. The lowest BCUT2D eigenvalue weighted by Gasteiger charge is -2.32. The average molecular weight is 348 g/mol. The fourth-order valence-electron chi connectivity index (χ4n) is 2.86. The van der Waals surface area contributed by atoms with Gasteiger partial charge in [-0.15, -0.1) is 0 Å². The number of benzene rings is 1. The van der Waals surface area contributed by atoms with Gasteiger partial charge < -0.3 is 21.5 Å². The summed E-state index contributed by atoms with van der Waals surface area (Å²) in [6.45, 7) is 2.58. The Balaban J connectivity index is 1.74. The first-order valence-electron chi connectivity index (χ1n) is 8.28. The molecule has 5 N–H and O–H groups in total. The summed E-state index contributed by atoms with van der Waals surface area (Å²) >= 11 is 0. The molecule has 1 atom stereocenters. The molecule has 8 heteroatoms. The predicted molar refractivity (Wildman–Crippen MR) is 91.6 cm³/mol. The highest BCUT2D eigenvalue weighted by Crippen LogP contribution is 2.13. The number of primary amides is 1. The van der Waals surface area contributed by atoms with E-state index in [2.05, 4.69) is 27.7 Å². The molecule has 0 bridgehead atoms. The Hall–Kier alpha value is -2.61. The molecule has 0 unspecified atom stereocenters. The van der Waals surface area contributed by atoms with Gasteiger partial charge in [-0.05, 0) is 18.4 Å². The molecular weight excluding hydrogens is 324 g/mol. The molecule has 0 spiro atoms. The summed E-state index contributed by atoms with van der Waals surface area (Å²) in [4.78, 5) is 36.1. The third kappa shape index (κ3) is 6.42. The average Bonchev–Trinajstić information content (AvgIpc) is 2.56. The molecule has 0 aromatic heterocycles. The van der Waals surface area contributed by atoms with Gasteiger partial charge in [-0.3, -0.25) is 9.69 Å². The lowest BCUT2D eigenvalue weighted by atomic mass is 10.0. The van der Waals surface area contributed by atoms with Crippen LogP contribution in [0.25, 0.3) is 0 Å². The van der Waals surface area contributed by atoms with E-state index in [-0.39, 0.29) is 6.04 Å². The Bertz CT molecular complexity index is 600. The monoisotopic (exact) mass is 348 g/mol. The van der Waals surface area contributed by atoms with Crippen LogP contribution in [0, 0.1) is 0 Å². The zero-order valence-corrected chi connectivity index (χ0v) is 14.0. The van der Waals surface area contributed by atoms with Crippen molar-refractivity contribution in [2.45, 2.75) is 37.9 Å². The molecule has 0 radical (unpaired) electrons. The largest absolute Gasteiger partial charge is 0.480 e. The lowest BCUT2D eigenvalue weighted by Crippen LogP contribution is -2.52. The Labute approximate surface area is 146 Å². The Morgan fingerprint density at radius 2 is 1.84 bits per heavy atom. The van der Waals surface area contributed by atoms with Crippen LogP contribution < -0.4 is 16.4 Å². The molecule has 8 nitrogen and oxygen atoms in total. The second kappa shape index (κ2) is 9.03. The van der Waals surface area contributed by atoms with E-state index in [1.54, 1.807) is 0 Å². The molecule has 0 aliphatic carbocycles. The Morgan fingerprint density at radius 1 is 1.20 bits per heavy atom. The fraction of sp³-hybridized carbons (Fsp3) is 0.471. The topological polar surface area (TPSA) is 125 Å². The normalized spacial score (nSPS) is 16.8. The minimum absolute atomic E-state index is 0.0185. The molecule has 1 aromatic carbocycles. The van der Waals surface area contributed by atoms with E-state index in [0.29, 0.717) is 0 Å². The smallest absolute Gasteiger partial charge is 0.326 e. The summed E-state index contributed by atoms with van der Waals surface area (Å²) in [6.07, 6.45) is 1.14. The number of urea groups is 1. The molecule has 2 rings (SSSR count). The summed E-state index contributed by atoms with van der Waals surface area (Å²) in [7, 11) is 0. The van der Waals surface area contributed by atoms with Crippen LogP contribution in [0.15, 0.2) is 30.3 Å². The van der Waals surface area contributed by atoms with Crippen molar-refractivity contribution >= 4 is 17.9 Å². The van der Waals surface area contributed by atoms with Crippen LogP contribution in [0.1, 0.15) is 24.8 Å². The number of amides is 3. The van der Waals surface area contributed by atoms with Crippen molar-refractivity contribution in [3.05, 3.63) is 35.9 Å². The molecule has 3 amide bonds. The Morgan fingerprint density at radius 3 is 2.40 bits per heavy atom. The summed E-state index contributed by atoms with van der Waals surface area (Å²) in [5.74, 6) is -2.06. The molecular formula is C17H24N4O4. The van der Waals surface area contributed by atoms with Crippen molar-refractivity contribution in [2.24, 2.45) is 5.73 Å². The highest BCUT2D eigenvalue weighted by Gasteiger charge is 2.25. The number of carbonyl (C=O) groups excluding carboxylic acids is 2. The molecule has 1 aliphatic rings. The third-order valence-electron chi connectivity index (χ3n) is 4.18. The van der Waals surface area contributed by atoms with Crippen molar-refractivity contribution in [2.75, 3.05) is 13.1 Å². The number of piperidine rings is 1. The number of nitrogens with one attached hydrogen (secondary N) is 2. The van der Waals surface area contributed by atoms with Gasteiger partial charge in [0.15, 0.2) is 0 Å². The van der Waals surface area contributed by atoms with Crippen LogP contribution in [-0.4, -0.2) is 53.1 Å². The van der Waals surface area contributed by atoms with E-state index in [1.165, 1.54) is 5.56 Å². The third-order valence-corrected chi connectivity index (χ3v) is 4.18. The molecule has 1 fully saturated rings. The number of carboxylic acids is 1. The van der Waals surface area contributed by atoms with Gasteiger partial charge in [-0.2, -0.15) is 0 Å². The SMILES string of the molecule is NC(=O)C[C@@H](NC(=O)NC1CCN(Cc2ccccc2)CC1)C(=O)O. The van der Waals surface area contributed by atoms with Gasteiger partial charge in [-0.25, -0.2) is 9.59 Å². The summed E-state index contributed by atoms with van der Waals surface area (Å²) in [5, 5.41) is 14.0. The number of rotatable bonds is 7. The van der Waals surface area contributed by atoms with E-state index in [9.17, 15) is 14.4 Å². The number of carboxylic acid groups (broad SMARTS) is 1. The number of likely N-dealkylation sites (tertiary alicyclic amines) is 1. The highest BCUT2D eigenvalue weighted by atomic mass is 16.4. The van der Waals surface area contributed by atoms with Gasteiger partial charge in [0, 0.05) is 25.7 Å². The van der Waals surface area contributed by atoms with Gasteiger partial charge in [0.2, 0.25) is 5.91 Å². The minimum Gasteiger partial charge on any atom is -0.480 e. The van der Waals surface area contributed by atoms with Crippen molar-refractivity contribution in [1.82, 2.24) is 15.5 Å². The van der Waals surface area contributed by atoms with Crippen LogP contribution in [0.4, 0.5) is 4.79 Å². The minimum atomic E-state index is -1.31. The van der Waals surface area contributed by atoms with E-state index in [4.69, 9.17) is 10.8 Å². The van der Waals surface area contributed by atoms with Gasteiger partial charge >= 0.3 is 12.0 Å². The van der Waals surface area contributed by atoms with Gasteiger partial charge in [0.25, 0.3) is 0 Å². The van der Waals surface area contributed by atoms with Crippen molar-refractivity contribution in [1.29, 1.82) is 0 Å². The number of hydrogen-bond acceptors (Lipinski definition) is 4. The van der Waals surface area contributed by atoms with Crippen LogP contribution in [-0.2, 0) is 16.1 Å². The fourth-order valence-corrected chi connectivity index (χ4v) is 2.86. The number of nitrogens with two attached hydrogens (primary N) is 1. The second-order valence-corrected chi connectivity index (χ2v) is 6.22. The number of aliphatic carboxylic acids is 1. The van der Waals surface area contributed by atoms with Gasteiger partial charge in [-0.1, -0.05) is 30.3 Å².